The van der Waals surface area contributed by atoms with Gasteiger partial charge < -0.3 is 0 Å². The van der Waals surface area contributed by atoms with Crippen LogP contribution in [-0.4, -0.2) is 22.3 Å². The molecule has 1 aromatic heterocycles. The lowest BCUT2D eigenvalue weighted by atomic mass is 10.1. The van der Waals surface area contributed by atoms with Crippen molar-refractivity contribution < 1.29 is 44.3 Å². The van der Waals surface area contributed by atoms with E-state index >= 15 is 0 Å². The van der Waals surface area contributed by atoms with Crippen LogP contribution in [0.1, 0.15) is 17.6 Å². The summed E-state index contributed by atoms with van der Waals surface area (Å²) in [4.78, 5) is 0. The van der Waals surface area contributed by atoms with Gasteiger partial charge in [-0.25, -0.2) is 4.39 Å². The molecule has 0 aromatic carbocycles. The van der Waals surface area contributed by atoms with Crippen molar-refractivity contribution in [1.29, 1.82) is 0 Å². The van der Waals surface area contributed by atoms with Crippen LogP contribution in [0.5, 0.6) is 0 Å². The Hall–Kier alpha value is -1.46. The van der Waals surface area contributed by atoms with Crippen molar-refractivity contribution in [3.63, 3.8) is 0 Å². The first-order valence-electron chi connectivity index (χ1n) is 4.63. The Morgan fingerprint density at radius 3 is 2.00 bits per heavy atom. The van der Waals surface area contributed by atoms with Gasteiger partial charge in [0.1, 0.15) is 5.69 Å². The van der Waals surface area contributed by atoms with Crippen molar-refractivity contribution in [2.75, 3.05) is 0 Å². The van der Waals surface area contributed by atoms with Gasteiger partial charge in [-0.05, 0) is 0 Å². The van der Waals surface area contributed by atoms with Crippen LogP contribution in [0.25, 0.3) is 0 Å². The van der Waals surface area contributed by atoms with Crippen LogP contribution in [0, 0.1) is 0 Å². The molecule has 1 unspecified atom stereocenters. The summed E-state index contributed by atoms with van der Waals surface area (Å²) in [7, 11) is 0.596. The van der Waals surface area contributed by atoms with E-state index in [9.17, 15) is 39.5 Å². The molecule has 0 amide bonds. The summed E-state index contributed by atoms with van der Waals surface area (Å²) in [6.45, 7) is 0. The fraction of sp³-hybridized carbons (Fsp3) is 0.625. The molecule has 0 N–H and O–H groups in total. The molecule has 116 valence electrons. The van der Waals surface area contributed by atoms with Gasteiger partial charge in [0.2, 0.25) is 6.36 Å². The van der Waals surface area contributed by atoms with Crippen LogP contribution in [0.2, 0.25) is 0 Å². The number of rotatable bonds is 3. The minimum Gasteiger partial charge on any atom is -0.266 e. The number of aromatic nitrogens is 2. The Balaban J connectivity index is 3.27. The molecule has 3 nitrogen and oxygen atoms in total. The van der Waals surface area contributed by atoms with Gasteiger partial charge in [0.05, 0.1) is 11.8 Å². The zero-order valence-electron chi connectivity index (χ0n) is 9.36. The monoisotopic (exact) mass is 316 g/mol. The third-order valence-electron chi connectivity index (χ3n) is 2.10. The number of nitrogens with zero attached hydrogens (tertiary/aromatic N) is 2. The van der Waals surface area contributed by atoms with Crippen LogP contribution >= 0.6 is 0 Å². The van der Waals surface area contributed by atoms with Crippen molar-refractivity contribution >= 4 is 0 Å². The van der Waals surface area contributed by atoms with Crippen molar-refractivity contribution in [2.24, 2.45) is 7.05 Å². The average Bonchev–Trinajstić information content (AvgIpc) is 2.56. The maximum Gasteiger partial charge on any atom is 0.525 e. The van der Waals surface area contributed by atoms with Gasteiger partial charge >= 0.3 is 18.5 Å². The molecule has 0 bridgehead atoms. The summed E-state index contributed by atoms with van der Waals surface area (Å²) in [6, 6.07) is 0. The highest BCUT2D eigenvalue weighted by Gasteiger charge is 2.62. The van der Waals surface area contributed by atoms with Gasteiger partial charge in [-0.3, -0.25) is 9.42 Å². The Morgan fingerprint density at radius 1 is 1.10 bits per heavy atom. The average molecular weight is 316 g/mol. The normalized spacial score (nSPS) is 15.5. The predicted molar refractivity (Wildman–Crippen MR) is 44.1 cm³/mol. The quantitative estimate of drug-likeness (QED) is 0.797. The maximum atomic E-state index is 13.1. The zero-order valence-corrected chi connectivity index (χ0v) is 9.36. The fourth-order valence-electron chi connectivity index (χ4n) is 1.32. The number of hydrogen-bond donors (Lipinski definition) is 0. The van der Waals surface area contributed by atoms with E-state index in [1.54, 1.807) is 0 Å². The summed E-state index contributed by atoms with van der Waals surface area (Å²) in [6.07, 6.45) is -15.1. The van der Waals surface area contributed by atoms with E-state index in [4.69, 9.17) is 0 Å². The first-order valence-corrected chi connectivity index (χ1v) is 4.63. The summed E-state index contributed by atoms with van der Waals surface area (Å²) in [5, 5.41) is 2.90. The molecule has 0 saturated heterocycles. The Morgan fingerprint density at radius 2 is 1.60 bits per heavy atom. The maximum absolute atomic E-state index is 13.1. The minimum atomic E-state index is -6.13. The fourth-order valence-corrected chi connectivity index (χ4v) is 1.32. The lowest BCUT2D eigenvalue weighted by Gasteiger charge is -2.22. The van der Waals surface area contributed by atoms with Crippen molar-refractivity contribution in [1.82, 2.24) is 9.78 Å². The molecule has 0 saturated carbocycles. The second-order valence-corrected chi connectivity index (χ2v) is 3.52. The molecule has 1 heterocycles. The number of ether oxygens (including phenoxy) is 1. The van der Waals surface area contributed by atoms with E-state index in [0.29, 0.717) is 7.05 Å². The van der Waals surface area contributed by atoms with Gasteiger partial charge in [-0.1, -0.05) is 0 Å². The highest BCUT2D eigenvalue weighted by molar-refractivity contribution is 5.25. The molecule has 20 heavy (non-hydrogen) atoms. The van der Waals surface area contributed by atoms with E-state index in [1.165, 1.54) is 0 Å². The zero-order chi connectivity index (χ0) is 15.9. The van der Waals surface area contributed by atoms with Gasteiger partial charge in [-0.15, -0.1) is 13.2 Å². The standard InChI is InChI=1S/C8H5F9N2O/c1-19-4(6(10,11)7(12,13)14)3(2-18-19)5(9)20-8(15,16)17/h2,5H,1H3. The second-order valence-electron chi connectivity index (χ2n) is 3.52. The smallest absolute Gasteiger partial charge is 0.266 e. The van der Waals surface area contributed by atoms with Crippen LogP contribution < -0.4 is 0 Å². The van der Waals surface area contributed by atoms with E-state index < -0.39 is 36.1 Å². The summed E-state index contributed by atoms with van der Waals surface area (Å²) in [5.41, 5.74) is -3.73. The SMILES string of the molecule is Cn1ncc(C(F)OC(F)(F)F)c1C(F)(F)C(F)(F)F. The van der Waals surface area contributed by atoms with E-state index in [0.717, 1.165) is 0 Å². The first kappa shape index (κ1) is 16.6. The van der Waals surface area contributed by atoms with Crippen molar-refractivity contribution in [2.45, 2.75) is 24.8 Å². The lowest BCUT2D eigenvalue weighted by Crippen LogP contribution is -2.36. The molecule has 0 aliphatic carbocycles. The van der Waals surface area contributed by atoms with Crippen LogP contribution in [0.15, 0.2) is 6.20 Å². The van der Waals surface area contributed by atoms with Crippen LogP contribution in [0.3, 0.4) is 0 Å². The van der Waals surface area contributed by atoms with Crippen molar-refractivity contribution in [3.8, 4) is 0 Å². The molecule has 12 heteroatoms. The Bertz CT molecular complexity index is 475. The molecule has 0 aliphatic heterocycles. The topological polar surface area (TPSA) is 27.1 Å². The van der Waals surface area contributed by atoms with Crippen LogP contribution in [-0.2, 0) is 17.7 Å². The van der Waals surface area contributed by atoms with Crippen molar-refractivity contribution in [3.05, 3.63) is 17.5 Å². The summed E-state index contributed by atoms with van der Waals surface area (Å²) >= 11 is 0. The molecular formula is C8H5F9N2O. The number of halogens is 9. The predicted octanol–water partition coefficient (Wildman–Crippen LogP) is 3.58. The van der Waals surface area contributed by atoms with E-state index in [-0.39, 0.29) is 10.9 Å². The molecule has 1 rings (SSSR count). The summed E-state index contributed by atoms with van der Waals surface area (Å²) in [5.74, 6) is -5.59. The van der Waals surface area contributed by atoms with Gasteiger partial charge in [0, 0.05) is 7.05 Å². The molecule has 0 radical (unpaired) electrons. The second kappa shape index (κ2) is 4.82. The molecular weight excluding hydrogens is 311 g/mol. The third kappa shape index (κ3) is 3.16. The molecule has 1 atom stereocenters. The molecule has 0 spiro atoms. The summed E-state index contributed by atoms with van der Waals surface area (Å²) < 4.78 is 114. The highest BCUT2D eigenvalue weighted by atomic mass is 19.4. The minimum absolute atomic E-state index is 0.0743. The molecule has 0 aliphatic rings. The third-order valence-corrected chi connectivity index (χ3v) is 2.10. The van der Waals surface area contributed by atoms with Gasteiger partial charge in [-0.2, -0.15) is 27.1 Å². The van der Waals surface area contributed by atoms with Gasteiger partial charge in [0.25, 0.3) is 0 Å². The van der Waals surface area contributed by atoms with E-state index in [1.807, 2.05) is 0 Å². The van der Waals surface area contributed by atoms with E-state index in [2.05, 4.69) is 9.84 Å². The van der Waals surface area contributed by atoms with Crippen LogP contribution in [0.4, 0.5) is 39.5 Å². The first-order chi connectivity index (χ1) is 8.77. The largest absolute Gasteiger partial charge is 0.525 e. The number of aryl methyl sites for hydroxylation is 1. The van der Waals surface area contributed by atoms with Gasteiger partial charge in [0.15, 0.2) is 0 Å². The number of alkyl halides is 9. The Labute approximate surface area is 104 Å². The lowest BCUT2D eigenvalue weighted by molar-refractivity contribution is -0.363. The number of hydrogen-bond acceptors (Lipinski definition) is 2. The highest BCUT2D eigenvalue weighted by Crippen LogP contribution is 2.46. The molecule has 1 aromatic rings. The molecule has 0 fully saturated rings. The Kier molecular flexibility index (Phi) is 4.00.